The minimum absolute atomic E-state index is 0.113. The highest BCUT2D eigenvalue weighted by molar-refractivity contribution is 5.82. The molecule has 1 aliphatic rings. The first-order chi connectivity index (χ1) is 8.28. The number of hydrogen-bond acceptors (Lipinski definition) is 5. The van der Waals surface area contributed by atoms with E-state index in [2.05, 4.69) is 0 Å². The van der Waals surface area contributed by atoms with Crippen LogP contribution in [0.4, 0.5) is 0 Å². The van der Waals surface area contributed by atoms with Crippen molar-refractivity contribution in [2.75, 3.05) is 14.2 Å². The van der Waals surface area contributed by atoms with Gasteiger partial charge in [0.15, 0.2) is 0 Å². The third-order valence-electron chi connectivity index (χ3n) is 3.05. The lowest BCUT2D eigenvalue weighted by Gasteiger charge is -2.24. The SMILES string of the molecule is COC(=O)[C@H]1CC(OC(C)(C)C)C[C@H]1C(=O)OC. The first-order valence-electron chi connectivity index (χ1n) is 6.12. The minimum atomic E-state index is -0.463. The Morgan fingerprint density at radius 2 is 1.33 bits per heavy atom. The molecule has 0 saturated heterocycles. The van der Waals surface area contributed by atoms with E-state index in [1.54, 1.807) is 0 Å². The molecule has 1 rings (SSSR count). The van der Waals surface area contributed by atoms with Crippen molar-refractivity contribution in [1.29, 1.82) is 0 Å². The molecule has 104 valence electrons. The van der Waals surface area contributed by atoms with Crippen molar-refractivity contribution in [2.24, 2.45) is 11.8 Å². The Hall–Kier alpha value is -1.10. The van der Waals surface area contributed by atoms with E-state index >= 15 is 0 Å². The maximum absolute atomic E-state index is 11.7. The Morgan fingerprint density at radius 1 is 0.944 bits per heavy atom. The second-order valence-electron chi connectivity index (χ2n) is 5.58. The minimum Gasteiger partial charge on any atom is -0.469 e. The van der Waals surface area contributed by atoms with Crippen molar-refractivity contribution in [3.63, 3.8) is 0 Å². The lowest BCUT2D eigenvalue weighted by molar-refractivity contribution is -0.156. The van der Waals surface area contributed by atoms with Gasteiger partial charge in [0, 0.05) is 0 Å². The summed E-state index contributed by atoms with van der Waals surface area (Å²) in [6, 6.07) is 0. The largest absolute Gasteiger partial charge is 0.469 e. The average molecular weight is 258 g/mol. The van der Waals surface area contributed by atoms with Crippen molar-refractivity contribution in [3.8, 4) is 0 Å². The number of carbonyl (C=O) groups excluding carboxylic acids is 2. The summed E-state index contributed by atoms with van der Waals surface area (Å²) < 4.78 is 15.3. The van der Waals surface area contributed by atoms with Crippen LogP contribution in [-0.2, 0) is 23.8 Å². The van der Waals surface area contributed by atoms with Crippen molar-refractivity contribution >= 4 is 11.9 Å². The number of ether oxygens (including phenoxy) is 3. The van der Waals surface area contributed by atoms with Crippen LogP contribution in [0.15, 0.2) is 0 Å². The van der Waals surface area contributed by atoms with Gasteiger partial charge in [0.25, 0.3) is 0 Å². The van der Waals surface area contributed by atoms with Crippen molar-refractivity contribution < 1.29 is 23.8 Å². The topological polar surface area (TPSA) is 61.8 Å². The zero-order valence-corrected chi connectivity index (χ0v) is 11.7. The highest BCUT2D eigenvalue weighted by Crippen LogP contribution is 2.37. The van der Waals surface area contributed by atoms with Crippen LogP contribution in [0.2, 0.25) is 0 Å². The van der Waals surface area contributed by atoms with E-state index in [0.717, 1.165) is 0 Å². The zero-order chi connectivity index (χ0) is 13.9. The van der Waals surface area contributed by atoms with E-state index in [9.17, 15) is 9.59 Å². The molecule has 0 aromatic heterocycles. The lowest BCUT2D eigenvalue weighted by Crippen LogP contribution is -2.27. The predicted octanol–water partition coefficient (Wildman–Crippen LogP) is 1.54. The summed E-state index contributed by atoms with van der Waals surface area (Å²) >= 11 is 0. The molecule has 1 fully saturated rings. The van der Waals surface area contributed by atoms with Crippen molar-refractivity contribution in [1.82, 2.24) is 0 Å². The van der Waals surface area contributed by atoms with Crippen LogP contribution in [-0.4, -0.2) is 37.9 Å². The molecule has 0 aromatic rings. The Balaban J connectivity index is 2.76. The molecule has 0 bridgehead atoms. The molecule has 0 aromatic carbocycles. The Kier molecular flexibility index (Phi) is 4.73. The van der Waals surface area contributed by atoms with E-state index in [1.807, 2.05) is 20.8 Å². The van der Waals surface area contributed by atoms with Crippen LogP contribution in [0.1, 0.15) is 33.6 Å². The van der Waals surface area contributed by atoms with Crippen LogP contribution in [0.5, 0.6) is 0 Å². The summed E-state index contributed by atoms with van der Waals surface area (Å²) in [5.41, 5.74) is -0.295. The van der Waals surface area contributed by atoms with Crippen LogP contribution < -0.4 is 0 Å². The molecule has 1 saturated carbocycles. The first-order valence-corrected chi connectivity index (χ1v) is 6.12. The molecule has 0 spiro atoms. The summed E-state index contributed by atoms with van der Waals surface area (Å²) in [7, 11) is 2.66. The number of hydrogen-bond donors (Lipinski definition) is 0. The van der Waals surface area contributed by atoms with E-state index < -0.39 is 11.8 Å². The molecule has 5 heteroatoms. The van der Waals surface area contributed by atoms with Gasteiger partial charge < -0.3 is 14.2 Å². The van der Waals surface area contributed by atoms with Crippen LogP contribution in [0.25, 0.3) is 0 Å². The molecule has 5 nitrogen and oxygen atoms in total. The predicted molar refractivity (Wildman–Crippen MR) is 64.9 cm³/mol. The molecule has 3 atom stereocenters. The zero-order valence-electron chi connectivity index (χ0n) is 11.7. The fraction of sp³-hybridized carbons (Fsp3) is 0.846. The number of carbonyl (C=O) groups is 2. The molecule has 1 unspecified atom stereocenters. The van der Waals surface area contributed by atoms with E-state index in [-0.39, 0.29) is 23.6 Å². The van der Waals surface area contributed by atoms with Gasteiger partial charge >= 0.3 is 11.9 Å². The second-order valence-corrected chi connectivity index (χ2v) is 5.58. The monoisotopic (exact) mass is 258 g/mol. The van der Waals surface area contributed by atoms with Gasteiger partial charge in [0.05, 0.1) is 37.8 Å². The highest BCUT2D eigenvalue weighted by Gasteiger charge is 2.45. The van der Waals surface area contributed by atoms with E-state index in [4.69, 9.17) is 14.2 Å². The Bertz CT molecular complexity index is 294. The number of rotatable bonds is 3. The van der Waals surface area contributed by atoms with Gasteiger partial charge in [0.2, 0.25) is 0 Å². The van der Waals surface area contributed by atoms with Gasteiger partial charge in [-0.2, -0.15) is 0 Å². The third-order valence-corrected chi connectivity index (χ3v) is 3.05. The molecular formula is C13H22O5. The quantitative estimate of drug-likeness (QED) is 0.719. The molecule has 0 amide bonds. The summed E-state index contributed by atoms with van der Waals surface area (Å²) in [6.07, 6.45) is 0.895. The Labute approximate surface area is 108 Å². The van der Waals surface area contributed by atoms with Gasteiger partial charge in [0.1, 0.15) is 0 Å². The number of methoxy groups -OCH3 is 2. The Morgan fingerprint density at radius 3 is 1.61 bits per heavy atom. The maximum Gasteiger partial charge on any atom is 0.309 e. The van der Waals surface area contributed by atoms with Gasteiger partial charge in [-0.3, -0.25) is 9.59 Å². The second kappa shape index (κ2) is 5.69. The fourth-order valence-electron chi connectivity index (χ4n) is 2.41. The van der Waals surface area contributed by atoms with Crippen LogP contribution in [0.3, 0.4) is 0 Å². The fourth-order valence-corrected chi connectivity index (χ4v) is 2.41. The molecule has 0 radical (unpaired) electrons. The van der Waals surface area contributed by atoms with Gasteiger partial charge in [-0.25, -0.2) is 0 Å². The molecule has 0 aliphatic heterocycles. The molecular weight excluding hydrogens is 236 g/mol. The average Bonchev–Trinajstić information content (AvgIpc) is 2.68. The van der Waals surface area contributed by atoms with Gasteiger partial charge in [-0.15, -0.1) is 0 Å². The third kappa shape index (κ3) is 3.70. The standard InChI is InChI=1S/C13H22O5/c1-13(2,3)18-8-6-9(11(14)16-4)10(7-8)12(15)17-5/h8-10H,6-7H2,1-5H3/t8?,9-,10+. The molecule has 18 heavy (non-hydrogen) atoms. The first kappa shape index (κ1) is 15.0. The summed E-state index contributed by atoms with van der Waals surface area (Å²) in [4.78, 5) is 23.3. The smallest absolute Gasteiger partial charge is 0.309 e. The lowest BCUT2D eigenvalue weighted by atomic mass is 9.96. The van der Waals surface area contributed by atoms with Gasteiger partial charge in [-0.05, 0) is 33.6 Å². The summed E-state index contributed by atoms with van der Waals surface area (Å²) in [6.45, 7) is 5.85. The molecule has 1 aliphatic carbocycles. The molecule has 0 N–H and O–H groups in total. The van der Waals surface area contributed by atoms with Crippen molar-refractivity contribution in [3.05, 3.63) is 0 Å². The number of esters is 2. The normalized spacial score (nSPS) is 27.9. The summed E-state index contributed by atoms with van der Waals surface area (Å²) in [5, 5.41) is 0. The maximum atomic E-state index is 11.7. The van der Waals surface area contributed by atoms with Gasteiger partial charge in [-0.1, -0.05) is 0 Å². The van der Waals surface area contributed by atoms with Crippen LogP contribution >= 0.6 is 0 Å². The van der Waals surface area contributed by atoms with E-state index in [0.29, 0.717) is 12.8 Å². The van der Waals surface area contributed by atoms with Crippen LogP contribution in [0, 0.1) is 11.8 Å². The van der Waals surface area contributed by atoms with E-state index in [1.165, 1.54) is 14.2 Å². The van der Waals surface area contributed by atoms with Crippen molar-refractivity contribution in [2.45, 2.75) is 45.3 Å². The molecule has 0 heterocycles. The highest BCUT2D eigenvalue weighted by atomic mass is 16.5. The summed E-state index contributed by atoms with van der Waals surface area (Å²) in [5.74, 6) is -1.67.